The van der Waals surface area contributed by atoms with Crippen molar-refractivity contribution in [1.29, 1.82) is 0 Å². The number of hydrogen-bond acceptors (Lipinski definition) is 7. The van der Waals surface area contributed by atoms with Crippen molar-refractivity contribution in [2.45, 2.75) is 17.7 Å². The van der Waals surface area contributed by atoms with Crippen LogP contribution in [0.25, 0.3) is 0 Å². The highest BCUT2D eigenvalue weighted by atomic mass is 32.2. The molecule has 100 valence electrons. The van der Waals surface area contributed by atoms with Gasteiger partial charge in [-0.25, -0.2) is 4.98 Å². The van der Waals surface area contributed by atoms with E-state index < -0.39 is 0 Å². The van der Waals surface area contributed by atoms with Crippen LogP contribution in [0.1, 0.15) is 11.4 Å². The summed E-state index contributed by atoms with van der Waals surface area (Å²) < 4.78 is 0. The predicted molar refractivity (Wildman–Crippen MR) is 77.1 cm³/mol. The van der Waals surface area contributed by atoms with Gasteiger partial charge < -0.3 is 10.6 Å². The molecule has 7 heteroatoms. The van der Waals surface area contributed by atoms with E-state index in [2.05, 4.69) is 19.9 Å². The van der Waals surface area contributed by atoms with E-state index in [-0.39, 0.29) is 5.95 Å². The SMILES string of the molecule is Cc1ccc(SCc2nc(N)nc(N(C)C)n2)nc1. The first-order chi connectivity index (χ1) is 9.04. The molecule has 0 radical (unpaired) electrons. The first kappa shape index (κ1) is 13.5. The third-order valence-corrected chi connectivity index (χ3v) is 3.26. The minimum Gasteiger partial charge on any atom is -0.368 e. The van der Waals surface area contributed by atoms with Gasteiger partial charge in [0.15, 0.2) is 0 Å². The Labute approximate surface area is 116 Å². The summed E-state index contributed by atoms with van der Waals surface area (Å²) in [7, 11) is 3.74. The van der Waals surface area contributed by atoms with Gasteiger partial charge in [-0.2, -0.15) is 15.0 Å². The molecule has 2 aromatic rings. The molecular weight excluding hydrogens is 260 g/mol. The minimum atomic E-state index is 0.242. The van der Waals surface area contributed by atoms with Crippen molar-refractivity contribution < 1.29 is 0 Å². The first-order valence-corrected chi connectivity index (χ1v) is 6.76. The molecule has 19 heavy (non-hydrogen) atoms. The highest BCUT2D eigenvalue weighted by Crippen LogP contribution is 2.20. The Balaban J connectivity index is 2.08. The first-order valence-electron chi connectivity index (χ1n) is 5.78. The number of aromatic nitrogens is 4. The van der Waals surface area contributed by atoms with Crippen molar-refractivity contribution in [2.75, 3.05) is 24.7 Å². The van der Waals surface area contributed by atoms with Crippen molar-refractivity contribution in [3.05, 3.63) is 29.7 Å². The normalized spacial score (nSPS) is 10.5. The van der Waals surface area contributed by atoms with E-state index >= 15 is 0 Å². The second-order valence-corrected chi connectivity index (χ2v) is 5.26. The van der Waals surface area contributed by atoms with Crippen LogP contribution < -0.4 is 10.6 Å². The van der Waals surface area contributed by atoms with Crippen LogP contribution >= 0.6 is 11.8 Å². The molecule has 0 aliphatic rings. The topological polar surface area (TPSA) is 80.8 Å². The molecule has 2 aromatic heterocycles. The van der Waals surface area contributed by atoms with Crippen molar-refractivity contribution >= 4 is 23.7 Å². The molecule has 2 heterocycles. The highest BCUT2D eigenvalue weighted by Gasteiger charge is 2.07. The molecule has 0 unspecified atom stereocenters. The van der Waals surface area contributed by atoms with Gasteiger partial charge in [0.1, 0.15) is 5.82 Å². The van der Waals surface area contributed by atoms with Gasteiger partial charge in [-0.1, -0.05) is 17.8 Å². The molecule has 0 aliphatic heterocycles. The monoisotopic (exact) mass is 276 g/mol. The quantitative estimate of drug-likeness (QED) is 0.848. The maximum atomic E-state index is 5.67. The Bertz CT molecular complexity index is 555. The lowest BCUT2D eigenvalue weighted by Crippen LogP contribution is -2.15. The number of rotatable bonds is 4. The molecule has 0 amide bonds. The lowest BCUT2D eigenvalue weighted by molar-refractivity contribution is 0.918. The molecule has 0 atom stereocenters. The molecular formula is C12H16N6S. The molecule has 0 fully saturated rings. The number of aryl methyl sites for hydroxylation is 1. The Kier molecular flexibility index (Phi) is 4.16. The number of nitrogens with two attached hydrogens (primary N) is 1. The average molecular weight is 276 g/mol. The van der Waals surface area contributed by atoms with Crippen LogP contribution in [0.5, 0.6) is 0 Å². The minimum absolute atomic E-state index is 0.242. The van der Waals surface area contributed by atoms with Crippen LogP contribution in [0.2, 0.25) is 0 Å². The summed E-state index contributed by atoms with van der Waals surface area (Å²) in [5.41, 5.74) is 6.81. The fraction of sp³-hybridized carbons (Fsp3) is 0.333. The Morgan fingerprint density at radius 1 is 1.21 bits per heavy atom. The Morgan fingerprint density at radius 3 is 2.63 bits per heavy atom. The van der Waals surface area contributed by atoms with Gasteiger partial charge in [-0.15, -0.1) is 0 Å². The zero-order valence-electron chi connectivity index (χ0n) is 11.2. The fourth-order valence-electron chi connectivity index (χ4n) is 1.37. The molecule has 0 aromatic carbocycles. The van der Waals surface area contributed by atoms with Crippen molar-refractivity contribution in [2.24, 2.45) is 0 Å². The molecule has 2 N–H and O–H groups in total. The van der Waals surface area contributed by atoms with Crippen LogP contribution in [-0.2, 0) is 5.75 Å². The zero-order valence-corrected chi connectivity index (χ0v) is 12.0. The van der Waals surface area contributed by atoms with Gasteiger partial charge in [0.25, 0.3) is 0 Å². The largest absolute Gasteiger partial charge is 0.368 e. The Morgan fingerprint density at radius 2 is 2.00 bits per heavy atom. The number of pyridine rings is 1. The number of nitrogen functional groups attached to an aromatic ring is 1. The molecule has 0 bridgehead atoms. The number of anilines is 2. The van der Waals surface area contributed by atoms with Gasteiger partial charge in [0, 0.05) is 20.3 Å². The smallest absolute Gasteiger partial charge is 0.229 e. The second-order valence-electron chi connectivity index (χ2n) is 4.27. The van der Waals surface area contributed by atoms with Gasteiger partial charge >= 0.3 is 0 Å². The van der Waals surface area contributed by atoms with Gasteiger partial charge in [-0.3, -0.25) is 0 Å². The summed E-state index contributed by atoms with van der Waals surface area (Å²) in [6.45, 7) is 2.01. The lowest BCUT2D eigenvalue weighted by atomic mass is 10.3. The van der Waals surface area contributed by atoms with Crippen LogP contribution in [0.3, 0.4) is 0 Å². The summed E-state index contributed by atoms with van der Waals surface area (Å²) in [6.07, 6.45) is 1.84. The summed E-state index contributed by atoms with van der Waals surface area (Å²) in [5, 5.41) is 0.941. The lowest BCUT2D eigenvalue weighted by Gasteiger charge is -2.11. The predicted octanol–water partition coefficient (Wildman–Crippen LogP) is 1.52. The highest BCUT2D eigenvalue weighted by molar-refractivity contribution is 7.98. The van der Waals surface area contributed by atoms with Crippen LogP contribution in [0.15, 0.2) is 23.4 Å². The molecule has 6 nitrogen and oxygen atoms in total. The van der Waals surface area contributed by atoms with E-state index in [0.29, 0.717) is 17.5 Å². The summed E-state index contributed by atoms with van der Waals surface area (Å²) in [6, 6.07) is 4.01. The van der Waals surface area contributed by atoms with Crippen LogP contribution in [0, 0.1) is 6.92 Å². The molecule has 0 aliphatic carbocycles. The van der Waals surface area contributed by atoms with Gasteiger partial charge in [0.05, 0.1) is 10.8 Å². The third kappa shape index (κ3) is 3.78. The molecule has 0 saturated heterocycles. The number of thioether (sulfide) groups is 1. The van der Waals surface area contributed by atoms with Crippen molar-refractivity contribution in [3.8, 4) is 0 Å². The van der Waals surface area contributed by atoms with E-state index in [9.17, 15) is 0 Å². The van der Waals surface area contributed by atoms with Gasteiger partial charge in [-0.05, 0) is 18.6 Å². The molecule has 0 spiro atoms. The van der Waals surface area contributed by atoms with Crippen LogP contribution in [-0.4, -0.2) is 34.0 Å². The third-order valence-electron chi connectivity index (χ3n) is 2.32. The van der Waals surface area contributed by atoms with Gasteiger partial charge in [0.2, 0.25) is 11.9 Å². The van der Waals surface area contributed by atoms with E-state index in [1.807, 2.05) is 39.3 Å². The Hall–Kier alpha value is -1.89. The van der Waals surface area contributed by atoms with E-state index in [1.165, 1.54) is 0 Å². The average Bonchev–Trinajstić information content (AvgIpc) is 2.37. The maximum Gasteiger partial charge on any atom is 0.229 e. The van der Waals surface area contributed by atoms with Crippen molar-refractivity contribution in [1.82, 2.24) is 19.9 Å². The number of hydrogen-bond donors (Lipinski definition) is 1. The maximum absolute atomic E-state index is 5.67. The summed E-state index contributed by atoms with van der Waals surface area (Å²) >= 11 is 1.57. The molecule has 2 rings (SSSR count). The summed E-state index contributed by atoms with van der Waals surface area (Å²) in [4.78, 5) is 18.7. The second kappa shape index (κ2) is 5.83. The fourth-order valence-corrected chi connectivity index (χ4v) is 2.07. The standard InChI is InChI=1S/C12H16N6S/c1-8-4-5-10(14-6-8)19-7-9-15-11(13)17-12(16-9)18(2)3/h4-6H,7H2,1-3H3,(H2,13,15,16,17). The number of nitrogens with zero attached hydrogens (tertiary/aromatic N) is 5. The van der Waals surface area contributed by atoms with Crippen LogP contribution in [0.4, 0.5) is 11.9 Å². The van der Waals surface area contributed by atoms with E-state index in [0.717, 1.165) is 10.6 Å². The zero-order chi connectivity index (χ0) is 13.8. The van der Waals surface area contributed by atoms with Crippen molar-refractivity contribution in [3.63, 3.8) is 0 Å². The molecule has 0 saturated carbocycles. The summed E-state index contributed by atoms with van der Waals surface area (Å²) in [5.74, 6) is 2.08. The van der Waals surface area contributed by atoms with E-state index in [1.54, 1.807) is 16.7 Å². The van der Waals surface area contributed by atoms with E-state index in [4.69, 9.17) is 5.73 Å².